The Morgan fingerprint density at radius 1 is 1.00 bits per heavy atom. The fourth-order valence-corrected chi connectivity index (χ4v) is 2.67. The number of furan rings is 1. The summed E-state index contributed by atoms with van der Waals surface area (Å²) in [5.41, 5.74) is 3.47. The van der Waals surface area contributed by atoms with Gasteiger partial charge in [-0.25, -0.2) is 5.43 Å². The number of rotatable bonds is 8. The van der Waals surface area contributed by atoms with Crippen molar-refractivity contribution in [3.63, 3.8) is 0 Å². The number of carbonyl (C=O) groups is 3. The summed E-state index contributed by atoms with van der Waals surface area (Å²) >= 11 is 3.33. The highest BCUT2D eigenvalue weighted by Gasteiger charge is 2.12. The second-order valence-corrected chi connectivity index (χ2v) is 7.29. The summed E-state index contributed by atoms with van der Waals surface area (Å²) in [6.45, 7) is -0.0434. The van der Waals surface area contributed by atoms with Crippen LogP contribution in [0, 0.1) is 0 Å². The Labute approximate surface area is 192 Å². The smallest absolute Gasteiger partial charge is 0.329 e. The van der Waals surface area contributed by atoms with Crippen LogP contribution >= 0.6 is 15.9 Å². The number of ether oxygens (including phenoxy) is 1. The average molecular weight is 499 g/mol. The van der Waals surface area contributed by atoms with Crippen molar-refractivity contribution in [1.29, 1.82) is 0 Å². The van der Waals surface area contributed by atoms with Gasteiger partial charge in [-0.2, -0.15) is 5.10 Å². The molecule has 0 aliphatic carbocycles. The first-order valence-corrected chi connectivity index (χ1v) is 10.2. The Balaban J connectivity index is 1.39. The van der Waals surface area contributed by atoms with Crippen LogP contribution in [0.4, 0.5) is 5.69 Å². The van der Waals surface area contributed by atoms with Crippen LogP contribution in [0.2, 0.25) is 0 Å². The van der Waals surface area contributed by atoms with Gasteiger partial charge in [-0.05, 0) is 66.2 Å². The van der Waals surface area contributed by atoms with Crippen molar-refractivity contribution in [2.24, 2.45) is 5.10 Å². The molecule has 10 heteroatoms. The fourth-order valence-electron chi connectivity index (χ4n) is 2.41. The lowest BCUT2D eigenvalue weighted by Gasteiger charge is -2.08. The van der Waals surface area contributed by atoms with Crippen LogP contribution in [0.1, 0.15) is 11.3 Å². The molecule has 0 bridgehead atoms. The summed E-state index contributed by atoms with van der Waals surface area (Å²) in [6.07, 6.45) is 2.85. The Morgan fingerprint density at radius 2 is 1.75 bits per heavy atom. The third-order valence-corrected chi connectivity index (χ3v) is 4.50. The summed E-state index contributed by atoms with van der Waals surface area (Å²) in [7, 11) is 0. The maximum Gasteiger partial charge on any atom is 0.329 e. The molecule has 0 saturated carbocycles. The molecule has 1 heterocycles. The number of nitrogens with zero attached hydrogens (tertiary/aromatic N) is 1. The van der Waals surface area contributed by atoms with Gasteiger partial charge in [0.25, 0.3) is 5.91 Å². The minimum Gasteiger partial charge on any atom is -0.484 e. The molecule has 0 unspecified atom stereocenters. The third kappa shape index (κ3) is 7.40. The normalized spacial score (nSPS) is 10.5. The van der Waals surface area contributed by atoms with Gasteiger partial charge in [-0.15, -0.1) is 0 Å². The zero-order chi connectivity index (χ0) is 22.8. The Morgan fingerprint density at radius 3 is 2.44 bits per heavy atom. The van der Waals surface area contributed by atoms with Crippen LogP contribution in [0.25, 0.3) is 0 Å². The molecule has 3 rings (SSSR count). The lowest BCUT2D eigenvalue weighted by Crippen LogP contribution is -2.37. The second kappa shape index (κ2) is 11.5. The summed E-state index contributed by atoms with van der Waals surface area (Å²) in [5.74, 6) is -0.989. The van der Waals surface area contributed by atoms with E-state index in [1.165, 1.54) is 12.5 Å². The number of benzene rings is 2. The number of hydrazone groups is 1. The molecule has 9 nitrogen and oxygen atoms in total. The number of carbonyl (C=O) groups excluding carboxylic acids is 3. The number of nitrogens with one attached hydrogen (secondary N) is 3. The minimum absolute atomic E-state index is 0.103. The molecule has 0 radical (unpaired) electrons. The molecule has 32 heavy (non-hydrogen) atoms. The van der Waals surface area contributed by atoms with Gasteiger partial charge in [0.15, 0.2) is 6.61 Å². The van der Waals surface area contributed by atoms with Gasteiger partial charge in [-0.1, -0.05) is 15.9 Å². The molecule has 0 aliphatic rings. The van der Waals surface area contributed by atoms with Crippen LogP contribution in [0.3, 0.4) is 0 Å². The zero-order valence-electron chi connectivity index (χ0n) is 16.7. The maximum absolute atomic E-state index is 12.0. The van der Waals surface area contributed by atoms with E-state index in [-0.39, 0.29) is 19.1 Å². The molecule has 0 atom stereocenters. The van der Waals surface area contributed by atoms with E-state index >= 15 is 0 Å². The van der Waals surface area contributed by atoms with Crippen molar-refractivity contribution < 1.29 is 23.5 Å². The lowest BCUT2D eigenvalue weighted by molar-refractivity contribution is -0.139. The van der Waals surface area contributed by atoms with Crippen LogP contribution in [-0.4, -0.2) is 30.5 Å². The van der Waals surface area contributed by atoms with Crippen molar-refractivity contribution in [3.05, 3.63) is 82.7 Å². The van der Waals surface area contributed by atoms with Gasteiger partial charge in [0.2, 0.25) is 0 Å². The van der Waals surface area contributed by atoms with E-state index in [1.54, 1.807) is 48.5 Å². The van der Waals surface area contributed by atoms with E-state index in [4.69, 9.17) is 9.15 Å². The van der Waals surface area contributed by atoms with Crippen LogP contribution in [0.5, 0.6) is 5.75 Å². The van der Waals surface area contributed by atoms with Crippen LogP contribution < -0.4 is 20.8 Å². The Hall–Kier alpha value is -3.92. The summed E-state index contributed by atoms with van der Waals surface area (Å²) < 4.78 is 11.4. The molecule has 1 aromatic heterocycles. The molecular formula is C22H19BrN4O5. The predicted octanol–water partition coefficient (Wildman–Crippen LogP) is 2.83. The average Bonchev–Trinajstić information content (AvgIpc) is 3.32. The molecule has 3 aromatic rings. The SMILES string of the molecule is O=C(COc1ccc(/C=N\NC(=O)C(=O)NCc2ccco2)cc1)Nc1ccc(Br)cc1. The van der Waals surface area contributed by atoms with Gasteiger partial charge in [0.1, 0.15) is 11.5 Å². The number of anilines is 1. The number of halogens is 1. The molecule has 3 N–H and O–H groups in total. The fraction of sp³-hybridized carbons (Fsp3) is 0.0909. The first-order chi connectivity index (χ1) is 15.5. The van der Waals surface area contributed by atoms with Crippen molar-refractivity contribution >= 4 is 45.6 Å². The molecule has 0 fully saturated rings. The zero-order valence-corrected chi connectivity index (χ0v) is 18.3. The molecule has 2 aromatic carbocycles. The van der Waals surface area contributed by atoms with Crippen molar-refractivity contribution in [2.45, 2.75) is 6.54 Å². The second-order valence-electron chi connectivity index (χ2n) is 6.37. The highest BCUT2D eigenvalue weighted by molar-refractivity contribution is 9.10. The number of amides is 3. The van der Waals surface area contributed by atoms with Gasteiger partial charge < -0.3 is 19.8 Å². The molecule has 164 valence electrons. The molecule has 0 aliphatic heterocycles. The first kappa shape index (κ1) is 22.8. The van der Waals surface area contributed by atoms with E-state index < -0.39 is 11.8 Å². The van der Waals surface area contributed by atoms with E-state index in [1.807, 2.05) is 12.1 Å². The van der Waals surface area contributed by atoms with Gasteiger partial charge >= 0.3 is 11.8 Å². The van der Waals surface area contributed by atoms with Gasteiger partial charge in [0.05, 0.1) is 19.0 Å². The molecular weight excluding hydrogens is 480 g/mol. The predicted molar refractivity (Wildman–Crippen MR) is 121 cm³/mol. The molecule has 3 amide bonds. The topological polar surface area (TPSA) is 122 Å². The van der Waals surface area contributed by atoms with Crippen molar-refractivity contribution in [2.75, 3.05) is 11.9 Å². The highest BCUT2D eigenvalue weighted by atomic mass is 79.9. The van der Waals surface area contributed by atoms with Crippen LogP contribution in [0.15, 0.2) is 80.9 Å². The Kier molecular flexibility index (Phi) is 8.15. The first-order valence-electron chi connectivity index (χ1n) is 9.41. The summed E-state index contributed by atoms with van der Waals surface area (Å²) in [5, 5.41) is 8.89. The minimum atomic E-state index is -0.899. The largest absolute Gasteiger partial charge is 0.484 e. The highest BCUT2D eigenvalue weighted by Crippen LogP contribution is 2.14. The summed E-state index contributed by atoms with van der Waals surface area (Å²) in [4.78, 5) is 35.4. The van der Waals surface area contributed by atoms with Gasteiger partial charge in [0, 0.05) is 10.2 Å². The standard InChI is InChI=1S/C22H19BrN4O5/c23-16-5-7-17(8-6-16)26-20(28)14-32-18-9-3-15(4-10-18)12-25-27-22(30)21(29)24-13-19-2-1-11-31-19/h1-12H,13-14H2,(H,24,29)(H,26,28)(H,27,30)/b25-12-. The van der Waals surface area contributed by atoms with E-state index in [2.05, 4.69) is 37.1 Å². The quantitative estimate of drug-likeness (QED) is 0.250. The monoisotopic (exact) mass is 498 g/mol. The third-order valence-electron chi connectivity index (χ3n) is 3.97. The lowest BCUT2D eigenvalue weighted by atomic mass is 10.2. The number of hydrogen-bond donors (Lipinski definition) is 3. The maximum atomic E-state index is 12.0. The van der Waals surface area contributed by atoms with E-state index in [9.17, 15) is 14.4 Å². The van der Waals surface area contributed by atoms with E-state index in [0.717, 1.165) is 4.47 Å². The molecule has 0 saturated heterocycles. The van der Waals surface area contributed by atoms with Gasteiger partial charge in [-0.3, -0.25) is 14.4 Å². The number of hydrogen-bond acceptors (Lipinski definition) is 6. The van der Waals surface area contributed by atoms with E-state index in [0.29, 0.717) is 22.8 Å². The van der Waals surface area contributed by atoms with Crippen molar-refractivity contribution in [1.82, 2.24) is 10.7 Å². The van der Waals surface area contributed by atoms with Crippen LogP contribution in [-0.2, 0) is 20.9 Å². The Bertz CT molecular complexity index is 1080. The molecule has 0 spiro atoms. The van der Waals surface area contributed by atoms with Crippen molar-refractivity contribution in [3.8, 4) is 5.75 Å². The summed E-state index contributed by atoms with van der Waals surface area (Å²) in [6, 6.07) is 17.3.